The number of imidazole rings is 1. The van der Waals surface area contributed by atoms with Gasteiger partial charge in [-0.05, 0) is 12.5 Å². The highest BCUT2D eigenvalue weighted by Crippen LogP contribution is 2.27. The number of fused-ring (bicyclic) bond motifs is 1. The van der Waals surface area contributed by atoms with Crippen LogP contribution in [0.2, 0.25) is 0 Å². The Hall–Kier alpha value is -3.10. The molecule has 0 unspecified atom stereocenters. The average molecular weight is 344 g/mol. The topological polar surface area (TPSA) is 121 Å². The molecule has 0 saturated heterocycles. The van der Waals surface area contributed by atoms with Crippen molar-refractivity contribution < 1.29 is 14.6 Å². The normalized spacial score (nSPS) is 11.0. The van der Waals surface area contributed by atoms with Crippen LogP contribution in [-0.4, -0.2) is 43.3 Å². The van der Waals surface area contributed by atoms with E-state index < -0.39 is 0 Å². The minimum atomic E-state index is -0.215. The molecule has 132 valence electrons. The fraction of sp³-hybridized carbons (Fsp3) is 0.375. The van der Waals surface area contributed by atoms with E-state index in [0.29, 0.717) is 23.7 Å². The zero-order valence-corrected chi connectivity index (χ0v) is 14.1. The predicted molar refractivity (Wildman–Crippen MR) is 91.7 cm³/mol. The van der Waals surface area contributed by atoms with Crippen molar-refractivity contribution in [2.75, 3.05) is 19.5 Å². The largest absolute Gasteiger partial charge is 0.481 e. The van der Waals surface area contributed by atoms with E-state index in [4.69, 9.17) is 15.2 Å². The van der Waals surface area contributed by atoms with Gasteiger partial charge >= 0.3 is 6.01 Å². The summed E-state index contributed by atoms with van der Waals surface area (Å²) in [5.74, 6) is 0.619. The van der Waals surface area contributed by atoms with Gasteiger partial charge in [-0.2, -0.15) is 15.0 Å². The Morgan fingerprint density at radius 3 is 2.88 bits per heavy atom. The number of hydrogen-bond acceptors (Lipinski definition) is 8. The van der Waals surface area contributed by atoms with Crippen LogP contribution in [0.25, 0.3) is 11.2 Å². The quantitative estimate of drug-likeness (QED) is 0.622. The van der Waals surface area contributed by atoms with E-state index in [1.54, 1.807) is 12.3 Å². The molecule has 25 heavy (non-hydrogen) atoms. The van der Waals surface area contributed by atoms with Gasteiger partial charge in [0.05, 0.1) is 20.3 Å². The lowest BCUT2D eigenvalue weighted by Gasteiger charge is -2.09. The van der Waals surface area contributed by atoms with Gasteiger partial charge in [0.1, 0.15) is 0 Å². The number of ether oxygens (including phenoxy) is 2. The maximum Gasteiger partial charge on any atom is 0.320 e. The molecule has 0 atom stereocenters. The molecular weight excluding hydrogens is 324 g/mol. The summed E-state index contributed by atoms with van der Waals surface area (Å²) in [6.45, 7) is 2.83. The maximum absolute atomic E-state index is 10.2. The number of nitrogens with zero attached hydrogens (tertiary/aromatic N) is 5. The molecule has 0 spiro atoms. The van der Waals surface area contributed by atoms with Crippen LogP contribution in [-0.2, 0) is 6.54 Å². The Labute approximate surface area is 144 Å². The number of aromatic nitrogens is 5. The van der Waals surface area contributed by atoms with E-state index in [1.165, 1.54) is 11.7 Å². The van der Waals surface area contributed by atoms with Gasteiger partial charge in [0.25, 0.3) is 6.01 Å². The van der Waals surface area contributed by atoms with Gasteiger partial charge in [-0.15, -0.1) is 0 Å². The first-order chi connectivity index (χ1) is 12.1. The van der Waals surface area contributed by atoms with Crippen molar-refractivity contribution in [1.82, 2.24) is 24.5 Å². The summed E-state index contributed by atoms with van der Waals surface area (Å²) in [7, 11) is 1.54. The zero-order valence-electron chi connectivity index (χ0n) is 14.1. The first-order valence-corrected chi connectivity index (χ1v) is 7.97. The molecule has 9 heteroatoms. The number of rotatable bonds is 7. The van der Waals surface area contributed by atoms with Crippen molar-refractivity contribution in [1.29, 1.82) is 0 Å². The Morgan fingerprint density at radius 2 is 2.12 bits per heavy atom. The van der Waals surface area contributed by atoms with Crippen molar-refractivity contribution in [2.24, 2.45) is 0 Å². The molecule has 9 nitrogen and oxygen atoms in total. The number of methoxy groups -OCH3 is 1. The van der Waals surface area contributed by atoms with Crippen LogP contribution in [0.3, 0.4) is 0 Å². The monoisotopic (exact) mass is 344 g/mol. The van der Waals surface area contributed by atoms with Crippen molar-refractivity contribution >= 4 is 17.0 Å². The molecule has 3 rings (SSSR count). The predicted octanol–water partition coefficient (Wildman–Crippen LogP) is 1.74. The molecule has 3 aromatic heterocycles. The lowest BCUT2D eigenvalue weighted by Crippen LogP contribution is -2.07. The van der Waals surface area contributed by atoms with Crippen LogP contribution >= 0.6 is 0 Å². The molecule has 0 amide bonds. The summed E-state index contributed by atoms with van der Waals surface area (Å²) in [6.07, 6.45) is 3.52. The third-order valence-electron chi connectivity index (χ3n) is 3.68. The van der Waals surface area contributed by atoms with Crippen LogP contribution in [0.4, 0.5) is 5.82 Å². The number of nitrogens with two attached hydrogens (primary N) is 1. The molecule has 3 aromatic rings. The van der Waals surface area contributed by atoms with Crippen LogP contribution in [0.15, 0.2) is 18.3 Å². The number of unbranched alkanes of at least 4 members (excludes halogenated alkanes) is 1. The molecule has 0 saturated carbocycles. The lowest BCUT2D eigenvalue weighted by molar-refractivity contribution is 0.286. The summed E-state index contributed by atoms with van der Waals surface area (Å²) in [6, 6.07) is 3.59. The van der Waals surface area contributed by atoms with Crippen LogP contribution < -0.4 is 15.2 Å². The van der Waals surface area contributed by atoms with E-state index >= 15 is 0 Å². The van der Waals surface area contributed by atoms with E-state index in [2.05, 4.69) is 26.9 Å². The van der Waals surface area contributed by atoms with E-state index in [1.807, 2.05) is 6.07 Å². The third kappa shape index (κ3) is 3.39. The van der Waals surface area contributed by atoms with Crippen molar-refractivity contribution in [3.8, 4) is 17.9 Å². The summed E-state index contributed by atoms with van der Waals surface area (Å²) in [5.41, 5.74) is 7.42. The fourth-order valence-electron chi connectivity index (χ4n) is 2.41. The fourth-order valence-corrected chi connectivity index (χ4v) is 2.41. The second kappa shape index (κ2) is 7.20. The minimum Gasteiger partial charge on any atom is -0.481 e. The number of pyridine rings is 1. The van der Waals surface area contributed by atoms with Crippen molar-refractivity contribution in [3.63, 3.8) is 0 Å². The molecule has 0 aliphatic rings. The first-order valence-electron chi connectivity index (χ1n) is 7.97. The smallest absolute Gasteiger partial charge is 0.320 e. The van der Waals surface area contributed by atoms with Gasteiger partial charge in [-0.25, -0.2) is 4.98 Å². The maximum atomic E-state index is 10.2. The molecule has 0 radical (unpaired) electrons. The SMILES string of the molecule is CCCCOc1nc(N)c2nc(O)n(Cc3cccnc3OC)c2n1. The molecule has 3 N–H and O–H groups in total. The second-order valence-corrected chi connectivity index (χ2v) is 5.44. The van der Waals surface area contributed by atoms with Gasteiger partial charge in [0.2, 0.25) is 5.88 Å². The summed E-state index contributed by atoms with van der Waals surface area (Å²) >= 11 is 0. The third-order valence-corrected chi connectivity index (χ3v) is 3.68. The van der Waals surface area contributed by atoms with Crippen molar-refractivity contribution in [3.05, 3.63) is 23.9 Å². The Balaban J connectivity index is 2.00. The molecule has 0 fully saturated rings. The highest BCUT2D eigenvalue weighted by atomic mass is 16.5. The number of hydrogen-bond donors (Lipinski definition) is 2. The highest BCUT2D eigenvalue weighted by Gasteiger charge is 2.18. The summed E-state index contributed by atoms with van der Waals surface area (Å²) < 4.78 is 12.3. The molecule has 0 aromatic carbocycles. The second-order valence-electron chi connectivity index (χ2n) is 5.44. The molecule has 0 aliphatic heterocycles. The number of anilines is 1. The molecule has 3 heterocycles. The minimum absolute atomic E-state index is 0.156. The van der Waals surface area contributed by atoms with Gasteiger partial charge in [0, 0.05) is 11.8 Å². The molecular formula is C16H20N6O3. The number of aromatic hydroxyl groups is 1. The summed E-state index contributed by atoms with van der Waals surface area (Å²) in [4.78, 5) is 16.6. The van der Waals surface area contributed by atoms with Crippen LogP contribution in [0.5, 0.6) is 17.9 Å². The average Bonchev–Trinajstić information content (AvgIpc) is 2.92. The molecule has 0 aliphatic carbocycles. The van der Waals surface area contributed by atoms with Gasteiger partial charge < -0.3 is 20.3 Å². The van der Waals surface area contributed by atoms with Crippen LogP contribution in [0, 0.1) is 0 Å². The lowest BCUT2D eigenvalue weighted by atomic mass is 10.2. The van der Waals surface area contributed by atoms with E-state index in [-0.39, 0.29) is 24.4 Å². The van der Waals surface area contributed by atoms with Gasteiger partial charge in [-0.1, -0.05) is 19.4 Å². The first kappa shape index (κ1) is 16.7. The van der Waals surface area contributed by atoms with Crippen LogP contribution in [0.1, 0.15) is 25.3 Å². The Bertz CT molecular complexity index is 880. The van der Waals surface area contributed by atoms with E-state index in [9.17, 15) is 5.11 Å². The zero-order chi connectivity index (χ0) is 17.8. The summed E-state index contributed by atoms with van der Waals surface area (Å²) in [5, 5.41) is 10.2. The molecule has 0 bridgehead atoms. The van der Waals surface area contributed by atoms with Gasteiger partial charge in [0.15, 0.2) is 17.0 Å². The van der Waals surface area contributed by atoms with Crippen molar-refractivity contribution in [2.45, 2.75) is 26.3 Å². The highest BCUT2D eigenvalue weighted by molar-refractivity contribution is 5.83. The Kier molecular flexibility index (Phi) is 4.82. The number of nitrogen functional groups attached to an aromatic ring is 1. The van der Waals surface area contributed by atoms with Gasteiger partial charge in [-0.3, -0.25) is 4.57 Å². The van der Waals surface area contributed by atoms with E-state index in [0.717, 1.165) is 18.4 Å². The standard InChI is InChI=1S/C16H20N6O3/c1-3-4-8-25-15-20-12(17)11-13(21-15)22(16(23)19-11)9-10-6-5-7-18-14(10)24-2/h5-7H,3-4,8-9H2,1-2H3,(H,19,23)(H2,17,20,21). The Morgan fingerprint density at radius 1 is 1.28 bits per heavy atom.